The molecule has 0 aliphatic carbocycles. The molecular formula is C23H26BBrF2N2. The molecule has 0 atom stereocenters. The van der Waals surface area contributed by atoms with Crippen LogP contribution in [0.2, 0.25) is 0 Å². The molecule has 1 aromatic carbocycles. The molecule has 0 amide bonds. The van der Waals surface area contributed by atoms with Gasteiger partial charge in [-0.2, -0.15) is 0 Å². The molecule has 0 saturated heterocycles. The summed E-state index contributed by atoms with van der Waals surface area (Å²) < 4.78 is 35.6. The van der Waals surface area contributed by atoms with Gasteiger partial charge < -0.3 is 17.6 Å². The van der Waals surface area contributed by atoms with Gasteiger partial charge in [-0.1, -0.05) is 48.8 Å². The van der Waals surface area contributed by atoms with E-state index < -0.39 is 6.97 Å². The van der Waals surface area contributed by atoms with Crippen molar-refractivity contribution in [3.8, 4) is 0 Å². The van der Waals surface area contributed by atoms with Gasteiger partial charge in [0, 0.05) is 28.2 Å². The first kappa shape index (κ1) is 20.3. The van der Waals surface area contributed by atoms with Crippen molar-refractivity contribution < 1.29 is 13.1 Å². The topological polar surface area (TPSA) is 7.94 Å². The van der Waals surface area contributed by atoms with Crippen LogP contribution in [0, 0.1) is 19.3 Å². The summed E-state index contributed by atoms with van der Waals surface area (Å²) >= 11 is 3.49. The highest BCUT2D eigenvalue weighted by molar-refractivity contribution is 9.10. The first-order chi connectivity index (χ1) is 13.4. The van der Waals surface area contributed by atoms with Crippen LogP contribution in [0.3, 0.4) is 0 Å². The third kappa shape index (κ3) is 2.75. The van der Waals surface area contributed by atoms with Gasteiger partial charge in [-0.3, -0.25) is 0 Å². The molecule has 0 radical (unpaired) electrons. The number of allylic oxidation sites excluding steroid dienone is 2. The van der Waals surface area contributed by atoms with E-state index >= 15 is 8.63 Å². The van der Waals surface area contributed by atoms with Gasteiger partial charge in [0.2, 0.25) is 0 Å². The summed E-state index contributed by atoms with van der Waals surface area (Å²) in [5, 5.41) is 0. The fraction of sp³-hybridized carbons (Fsp3) is 0.348. The Kier molecular flexibility index (Phi) is 4.40. The van der Waals surface area contributed by atoms with Crippen LogP contribution in [-0.4, -0.2) is 21.6 Å². The van der Waals surface area contributed by atoms with Crippen LogP contribution in [0.15, 0.2) is 51.6 Å². The van der Waals surface area contributed by atoms with Gasteiger partial charge in [0.15, 0.2) is 5.70 Å². The summed E-state index contributed by atoms with van der Waals surface area (Å²) in [6, 6.07) is 9.81. The van der Waals surface area contributed by atoms with E-state index in [2.05, 4.69) is 36.7 Å². The van der Waals surface area contributed by atoms with E-state index in [1.54, 1.807) is 6.92 Å². The van der Waals surface area contributed by atoms with Crippen LogP contribution in [0.1, 0.15) is 57.1 Å². The van der Waals surface area contributed by atoms with Gasteiger partial charge in [0.1, 0.15) is 5.71 Å². The molecule has 4 rings (SSSR count). The highest BCUT2D eigenvalue weighted by Crippen LogP contribution is 2.48. The Morgan fingerprint density at radius 2 is 1.59 bits per heavy atom. The molecule has 152 valence electrons. The van der Waals surface area contributed by atoms with Crippen LogP contribution in [0.5, 0.6) is 0 Å². The van der Waals surface area contributed by atoms with Crippen molar-refractivity contribution in [2.24, 2.45) is 5.41 Å². The lowest BCUT2D eigenvalue weighted by Crippen LogP contribution is -2.51. The fourth-order valence-electron chi connectivity index (χ4n) is 5.31. The van der Waals surface area contributed by atoms with Crippen molar-refractivity contribution in [1.82, 2.24) is 4.48 Å². The average molecular weight is 459 g/mol. The minimum absolute atomic E-state index is 0.228. The van der Waals surface area contributed by atoms with E-state index in [1.165, 1.54) is 8.96 Å². The van der Waals surface area contributed by atoms with E-state index in [9.17, 15) is 0 Å². The Morgan fingerprint density at radius 3 is 2.14 bits per heavy atom. The van der Waals surface area contributed by atoms with Crippen molar-refractivity contribution >= 4 is 34.2 Å². The molecule has 2 aromatic rings. The van der Waals surface area contributed by atoms with E-state index in [0.29, 0.717) is 22.8 Å². The van der Waals surface area contributed by atoms with E-state index in [1.807, 2.05) is 51.1 Å². The van der Waals surface area contributed by atoms with Crippen LogP contribution in [0.25, 0.3) is 5.57 Å². The standard InChI is InChI=1S/C23H26BBrF2N2/c1-13-12-14(2)28-21(13)19(17-8-10-18(25)11-9-17)22-15(3)20(23(5,6)7)16(4)29(22)24(28,26)27/h8-12H,1-7H3. The van der Waals surface area contributed by atoms with Crippen LogP contribution < -0.4 is 0 Å². The van der Waals surface area contributed by atoms with Gasteiger partial charge in [-0.05, 0) is 61.2 Å². The largest absolute Gasteiger partial charge is 0.737 e. The molecule has 2 aliphatic heterocycles. The molecule has 0 fully saturated rings. The summed E-state index contributed by atoms with van der Waals surface area (Å²) in [6.45, 7) is 9.82. The lowest BCUT2D eigenvalue weighted by molar-refractivity contribution is -0.363. The van der Waals surface area contributed by atoms with Gasteiger partial charge in [0.25, 0.3) is 0 Å². The zero-order valence-corrected chi connectivity index (χ0v) is 19.6. The second-order valence-corrected chi connectivity index (χ2v) is 10.1. The minimum atomic E-state index is -3.98. The molecule has 3 heterocycles. The number of halogens is 3. The van der Waals surface area contributed by atoms with E-state index in [0.717, 1.165) is 32.3 Å². The number of fused-ring (bicyclic) bond motifs is 2. The van der Waals surface area contributed by atoms with Gasteiger partial charge in [0.05, 0.1) is 5.57 Å². The normalized spacial score (nSPS) is 18.6. The second kappa shape index (κ2) is 6.27. The fourth-order valence-corrected chi connectivity index (χ4v) is 5.58. The zero-order chi connectivity index (χ0) is 21.5. The first-order valence-corrected chi connectivity index (χ1v) is 10.7. The van der Waals surface area contributed by atoms with Crippen LogP contribution in [0.4, 0.5) is 8.63 Å². The first-order valence-electron chi connectivity index (χ1n) is 9.93. The van der Waals surface area contributed by atoms with Crippen molar-refractivity contribution in [3.05, 3.63) is 74.2 Å². The lowest BCUT2D eigenvalue weighted by atomic mass is 9.81. The molecule has 0 saturated carbocycles. The lowest BCUT2D eigenvalue weighted by Gasteiger charge is -2.34. The Balaban J connectivity index is 2.21. The molecule has 29 heavy (non-hydrogen) atoms. The highest BCUT2D eigenvalue weighted by Gasteiger charge is 2.57. The maximum Gasteiger partial charge on any atom is 0.737 e. The summed E-state index contributed by atoms with van der Waals surface area (Å²) in [6.07, 6.45) is 0. The third-order valence-corrected chi connectivity index (χ3v) is 6.62. The molecule has 0 unspecified atom stereocenters. The number of hydrogen-bond donors (Lipinski definition) is 0. The Bertz CT molecular complexity index is 1140. The summed E-state index contributed by atoms with van der Waals surface area (Å²) in [5.74, 6) is 0. The number of aromatic nitrogens is 1. The molecule has 6 heteroatoms. The predicted octanol–water partition coefficient (Wildman–Crippen LogP) is 6.71. The Labute approximate surface area is 179 Å². The SMILES string of the molecule is CC1=C(C(C)(C)C)C(C)=[N+]2C1=C(c1ccc(Br)cc1)c1c(C)cc(C)n1[B-]2(F)F. The number of rotatable bonds is 1. The van der Waals surface area contributed by atoms with Crippen molar-refractivity contribution in [2.45, 2.75) is 48.5 Å². The molecule has 0 bridgehead atoms. The average Bonchev–Trinajstić information content (AvgIpc) is 3.03. The Hall–Kier alpha value is -1.95. The minimum Gasteiger partial charge on any atom is -0.393 e. The van der Waals surface area contributed by atoms with Gasteiger partial charge in [-0.15, -0.1) is 0 Å². The monoisotopic (exact) mass is 458 g/mol. The third-order valence-electron chi connectivity index (χ3n) is 6.09. The molecular weight excluding hydrogens is 433 g/mol. The molecule has 2 nitrogen and oxygen atoms in total. The number of aryl methyl sites for hydroxylation is 2. The number of benzene rings is 1. The van der Waals surface area contributed by atoms with Gasteiger partial charge in [-0.25, -0.2) is 0 Å². The number of hydrogen-bond acceptors (Lipinski definition) is 0. The summed E-state index contributed by atoms with van der Waals surface area (Å²) in [4.78, 5) is 0. The smallest absolute Gasteiger partial charge is 0.393 e. The van der Waals surface area contributed by atoms with Crippen molar-refractivity contribution in [3.63, 3.8) is 0 Å². The van der Waals surface area contributed by atoms with E-state index in [4.69, 9.17) is 0 Å². The Morgan fingerprint density at radius 1 is 1.00 bits per heavy atom. The van der Waals surface area contributed by atoms with Crippen LogP contribution >= 0.6 is 15.9 Å². The van der Waals surface area contributed by atoms with Crippen LogP contribution in [-0.2, 0) is 0 Å². The van der Waals surface area contributed by atoms with Gasteiger partial charge >= 0.3 is 6.97 Å². The predicted molar refractivity (Wildman–Crippen MR) is 121 cm³/mol. The maximum atomic E-state index is 16.0. The quantitative estimate of drug-likeness (QED) is 0.419. The van der Waals surface area contributed by atoms with E-state index in [-0.39, 0.29) is 5.41 Å². The zero-order valence-electron chi connectivity index (χ0n) is 18.0. The molecule has 0 spiro atoms. The van der Waals surface area contributed by atoms with Crippen molar-refractivity contribution in [1.29, 1.82) is 0 Å². The number of nitrogens with zero attached hydrogens (tertiary/aromatic N) is 2. The summed E-state index contributed by atoms with van der Waals surface area (Å²) in [5.41, 5.74) is 6.95. The molecule has 0 N–H and O–H groups in total. The highest BCUT2D eigenvalue weighted by atomic mass is 79.9. The summed E-state index contributed by atoms with van der Waals surface area (Å²) in [7, 11) is 0. The van der Waals surface area contributed by atoms with Crippen molar-refractivity contribution in [2.75, 3.05) is 0 Å². The maximum absolute atomic E-state index is 16.0. The molecule has 1 aromatic heterocycles. The molecule has 2 aliphatic rings. The second-order valence-electron chi connectivity index (χ2n) is 9.21.